The minimum atomic E-state index is -1.07. The molecule has 4 atom stereocenters. The van der Waals surface area contributed by atoms with E-state index >= 15 is 0 Å². The Bertz CT molecular complexity index is 683. The highest BCUT2D eigenvalue weighted by atomic mass is 16.5. The average molecular weight is 318 g/mol. The average Bonchev–Trinajstić information content (AvgIpc) is 3.02. The molecule has 0 aliphatic heterocycles. The Hall–Kier alpha value is -2.32. The molecule has 0 unspecified atom stereocenters. The number of hydrogen-bond acceptors (Lipinski definition) is 7. The third-order valence-electron chi connectivity index (χ3n) is 4.26. The molecular formula is C15H18N4O4. The van der Waals surface area contributed by atoms with Gasteiger partial charge in [-0.05, 0) is 25.8 Å². The van der Waals surface area contributed by atoms with E-state index in [1.54, 1.807) is 26.2 Å². The van der Waals surface area contributed by atoms with Gasteiger partial charge in [0.25, 0.3) is 5.91 Å². The van der Waals surface area contributed by atoms with Gasteiger partial charge in [-0.25, -0.2) is 9.97 Å². The lowest BCUT2D eigenvalue weighted by atomic mass is 9.95. The topological polar surface area (TPSA) is 121 Å². The molecule has 1 amide bonds. The van der Waals surface area contributed by atoms with Gasteiger partial charge in [-0.1, -0.05) is 5.16 Å². The van der Waals surface area contributed by atoms with Crippen molar-refractivity contribution in [2.24, 2.45) is 0 Å². The number of nitrogens with zero attached hydrogens (tertiary/aromatic N) is 3. The molecular weight excluding hydrogens is 300 g/mol. The van der Waals surface area contributed by atoms with Crippen LogP contribution in [0, 0.1) is 13.8 Å². The van der Waals surface area contributed by atoms with Gasteiger partial charge < -0.3 is 20.1 Å². The molecule has 122 valence electrons. The van der Waals surface area contributed by atoms with E-state index in [2.05, 4.69) is 20.4 Å². The maximum absolute atomic E-state index is 12.5. The highest BCUT2D eigenvalue weighted by molar-refractivity contribution is 5.96. The van der Waals surface area contributed by atoms with Crippen molar-refractivity contribution in [2.75, 3.05) is 0 Å². The first-order valence-corrected chi connectivity index (χ1v) is 7.33. The second-order valence-electron chi connectivity index (χ2n) is 5.77. The number of aryl methyl sites for hydroxylation is 2. The van der Waals surface area contributed by atoms with Crippen LogP contribution in [-0.4, -0.2) is 49.5 Å². The van der Waals surface area contributed by atoms with E-state index in [4.69, 9.17) is 4.52 Å². The standard InChI is InChI=1S/C15H18N4O4/c1-7-12(8(2)23-19-7)15(22)18-13-10(3-11(20)14(13)21)9-4-16-6-17-5-9/h4-6,10-11,13-14,20-21H,3H2,1-2H3,(H,18,22)/t10-,11-,13-,14-/m1/s1. The Kier molecular flexibility index (Phi) is 4.10. The quantitative estimate of drug-likeness (QED) is 0.733. The summed E-state index contributed by atoms with van der Waals surface area (Å²) in [4.78, 5) is 20.4. The number of carbonyl (C=O) groups is 1. The van der Waals surface area contributed by atoms with Crippen LogP contribution < -0.4 is 5.32 Å². The highest BCUT2D eigenvalue weighted by Gasteiger charge is 2.43. The maximum atomic E-state index is 12.5. The summed E-state index contributed by atoms with van der Waals surface area (Å²) in [5.74, 6) is -0.250. The van der Waals surface area contributed by atoms with Crippen molar-refractivity contribution in [3.8, 4) is 0 Å². The zero-order valence-corrected chi connectivity index (χ0v) is 12.8. The molecule has 0 bridgehead atoms. The van der Waals surface area contributed by atoms with E-state index in [0.717, 1.165) is 5.56 Å². The maximum Gasteiger partial charge on any atom is 0.257 e. The summed E-state index contributed by atoms with van der Waals surface area (Å²) in [6.45, 7) is 3.32. The molecule has 0 saturated heterocycles. The number of hydrogen-bond donors (Lipinski definition) is 3. The van der Waals surface area contributed by atoms with E-state index in [1.165, 1.54) is 6.33 Å². The third-order valence-corrected chi connectivity index (χ3v) is 4.26. The number of rotatable bonds is 3. The summed E-state index contributed by atoms with van der Waals surface area (Å²) in [6.07, 6.45) is 2.98. The van der Waals surface area contributed by atoms with E-state index in [1.807, 2.05) is 0 Å². The van der Waals surface area contributed by atoms with Gasteiger partial charge in [0.15, 0.2) is 0 Å². The van der Waals surface area contributed by atoms with Gasteiger partial charge in [0.05, 0.1) is 17.8 Å². The number of amides is 1. The molecule has 1 fully saturated rings. The van der Waals surface area contributed by atoms with Crippen molar-refractivity contribution < 1.29 is 19.5 Å². The van der Waals surface area contributed by atoms with Crippen LogP contribution in [0.1, 0.15) is 39.7 Å². The molecule has 1 saturated carbocycles. The zero-order chi connectivity index (χ0) is 16.6. The molecule has 2 aromatic heterocycles. The number of nitrogens with one attached hydrogen (secondary N) is 1. The van der Waals surface area contributed by atoms with Crippen molar-refractivity contribution in [2.45, 2.75) is 44.4 Å². The van der Waals surface area contributed by atoms with Crippen LogP contribution in [0.25, 0.3) is 0 Å². The lowest BCUT2D eigenvalue weighted by Gasteiger charge is -2.23. The van der Waals surface area contributed by atoms with Gasteiger partial charge in [0.1, 0.15) is 23.8 Å². The first-order chi connectivity index (χ1) is 11.0. The summed E-state index contributed by atoms with van der Waals surface area (Å²) in [5.41, 5.74) is 1.58. The summed E-state index contributed by atoms with van der Waals surface area (Å²) >= 11 is 0. The predicted octanol–water partition coefficient (Wildman–Crippen LogP) is 0.0891. The second-order valence-corrected chi connectivity index (χ2v) is 5.77. The fraction of sp³-hybridized carbons (Fsp3) is 0.467. The van der Waals surface area contributed by atoms with Gasteiger partial charge in [0.2, 0.25) is 0 Å². The van der Waals surface area contributed by atoms with Crippen molar-refractivity contribution in [3.05, 3.63) is 41.3 Å². The number of aliphatic hydroxyl groups is 2. The van der Waals surface area contributed by atoms with Crippen LogP contribution in [0.15, 0.2) is 23.2 Å². The van der Waals surface area contributed by atoms with E-state index in [-0.39, 0.29) is 11.8 Å². The fourth-order valence-electron chi connectivity index (χ4n) is 3.09. The molecule has 1 aliphatic rings. The highest BCUT2D eigenvalue weighted by Crippen LogP contribution is 2.35. The summed E-state index contributed by atoms with van der Waals surface area (Å²) in [7, 11) is 0. The van der Waals surface area contributed by atoms with Crippen LogP contribution in [0.4, 0.5) is 0 Å². The Labute approximate surface area is 132 Å². The summed E-state index contributed by atoms with van der Waals surface area (Å²) in [5, 5.41) is 26.8. The summed E-state index contributed by atoms with van der Waals surface area (Å²) < 4.78 is 5.00. The van der Waals surface area contributed by atoms with Crippen LogP contribution in [0.2, 0.25) is 0 Å². The van der Waals surface area contributed by atoms with Crippen molar-refractivity contribution in [3.63, 3.8) is 0 Å². The first-order valence-electron chi connectivity index (χ1n) is 7.33. The van der Waals surface area contributed by atoms with Crippen molar-refractivity contribution in [1.29, 1.82) is 0 Å². The monoisotopic (exact) mass is 318 g/mol. The van der Waals surface area contributed by atoms with Crippen molar-refractivity contribution >= 4 is 5.91 Å². The summed E-state index contributed by atoms with van der Waals surface area (Å²) in [6, 6.07) is -0.641. The van der Waals surface area contributed by atoms with Gasteiger partial charge in [-0.15, -0.1) is 0 Å². The Morgan fingerprint density at radius 1 is 1.30 bits per heavy atom. The number of aliphatic hydroxyl groups excluding tert-OH is 2. The largest absolute Gasteiger partial charge is 0.390 e. The molecule has 0 radical (unpaired) electrons. The minimum Gasteiger partial charge on any atom is -0.390 e. The Morgan fingerprint density at radius 3 is 2.61 bits per heavy atom. The number of aromatic nitrogens is 3. The number of carbonyl (C=O) groups excluding carboxylic acids is 1. The van der Waals surface area contributed by atoms with Crippen LogP contribution in [-0.2, 0) is 0 Å². The van der Waals surface area contributed by atoms with Gasteiger partial charge >= 0.3 is 0 Å². The van der Waals surface area contributed by atoms with Crippen LogP contribution >= 0.6 is 0 Å². The molecule has 2 heterocycles. The van der Waals surface area contributed by atoms with E-state index < -0.39 is 18.2 Å². The minimum absolute atomic E-state index is 0.273. The lowest BCUT2D eigenvalue weighted by molar-refractivity contribution is 0.0294. The predicted molar refractivity (Wildman–Crippen MR) is 78.6 cm³/mol. The second kappa shape index (κ2) is 6.05. The first kappa shape index (κ1) is 15.6. The fourth-order valence-corrected chi connectivity index (χ4v) is 3.09. The van der Waals surface area contributed by atoms with Gasteiger partial charge in [0, 0.05) is 18.3 Å². The molecule has 0 spiro atoms. The molecule has 8 heteroatoms. The molecule has 8 nitrogen and oxygen atoms in total. The van der Waals surface area contributed by atoms with Gasteiger partial charge in [-0.3, -0.25) is 4.79 Å². The van der Waals surface area contributed by atoms with E-state index in [0.29, 0.717) is 23.4 Å². The molecule has 3 rings (SSSR count). The molecule has 3 N–H and O–H groups in total. The Morgan fingerprint density at radius 2 is 2.00 bits per heavy atom. The SMILES string of the molecule is Cc1noc(C)c1C(=O)N[C@H]1[C@H](O)[C@H](O)C[C@@H]1c1cncnc1. The van der Waals surface area contributed by atoms with Crippen LogP contribution in [0.5, 0.6) is 0 Å². The molecule has 23 heavy (non-hydrogen) atoms. The third kappa shape index (κ3) is 2.82. The molecule has 2 aromatic rings. The smallest absolute Gasteiger partial charge is 0.257 e. The lowest BCUT2D eigenvalue weighted by Crippen LogP contribution is -2.45. The zero-order valence-electron chi connectivity index (χ0n) is 12.8. The van der Waals surface area contributed by atoms with E-state index in [9.17, 15) is 15.0 Å². The normalized spacial score (nSPS) is 27.1. The van der Waals surface area contributed by atoms with Crippen LogP contribution in [0.3, 0.4) is 0 Å². The Balaban J connectivity index is 1.85. The van der Waals surface area contributed by atoms with Gasteiger partial charge in [-0.2, -0.15) is 0 Å². The molecule has 0 aromatic carbocycles. The molecule has 1 aliphatic carbocycles. The van der Waals surface area contributed by atoms with Crippen molar-refractivity contribution in [1.82, 2.24) is 20.4 Å².